The Labute approximate surface area is 138 Å². The van der Waals surface area contributed by atoms with Crippen LogP contribution in [-0.2, 0) is 19.1 Å². The second-order valence-corrected chi connectivity index (χ2v) is 6.21. The summed E-state index contributed by atoms with van der Waals surface area (Å²) in [7, 11) is 0. The highest BCUT2D eigenvalue weighted by Crippen LogP contribution is 2.48. The average molecular weight is 332 g/mol. The third-order valence-corrected chi connectivity index (χ3v) is 5.07. The summed E-state index contributed by atoms with van der Waals surface area (Å²) in [5, 5.41) is 0. The Hall–Kier alpha value is -2.15. The zero-order valence-electron chi connectivity index (χ0n) is 13.1. The number of aliphatic imine (C=N–C) groups is 1. The molecule has 0 fully saturated rings. The number of allylic oxidation sites excluding steroid dienone is 2. The van der Waals surface area contributed by atoms with Crippen molar-refractivity contribution in [2.45, 2.75) is 25.8 Å². The molecule has 0 aromatic carbocycles. The fourth-order valence-corrected chi connectivity index (χ4v) is 4.13. The highest BCUT2D eigenvalue weighted by Gasteiger charge is 2.60. The van der Waals surface area contributed by atoms with Crippen LogP contribution in [0.3, 0.4) is 0 Å². The van der Waals surface area contributed by atoms with E-state index in [1.807, 2.05) is 13.0 Å². The zero-order valence-corrected chi connectivity index (χ0v) is 13.9. The molecular formula is C16H16N2O4S. The Bertz CT molecular complexity index is 747. The molecule has 1 aliphatic carbocycles. The van der Waals surface area contributed by atoms with Crippen molar-refractivity contribution in [2.75, 3.05) is 12.9 Å². The van der Waals surface area contributed by atoms with Gasteiger partial charge < -0.3 is 9.64 Å². The number of carbonyl (C=O) groups is 3. The number of carbonyl (C=O) groups excluding carboxylic acids is 3. The average Bonchev–Trinajstić information content (AvgIpc) is 2.97. The Morgan fingerprint density at radius 3 is 2.87 bits per heavy atom. The quantitative estimate of drug-likeness (QED) is 0.577. The number of hydrogen-bond acceptors (Lipinski definition) is 6. The minimum atomic E-state index is -1.24. The lowest BCUT2D eigenvalue weighted by molar-refractivity contribution is -0.140. The van der Waals surface area contributed by atoms with Crippen molar-refractivity contribution in [3.63, 3.8) is 0 Å². The van der Waals surface area contributed by atoms with Crippen LogP contribution in [0.15, 0.2) is 39.4 Å². The Morgan fingerprint density at radius 1 is 1.48 bits per heavy atom. The molecule has 2 heterocycles. The molecule has 0 saturated carbocycles. The van der Waals surface area contributed by atoms with Crippen molar-refractivity contribution in [3.8, 4) is 0 Å². The SMILES string of the molecule is CCOC(=O)C1=C(SC)[C@@]2(CC1=O)C(=O)N=C1C(C)=CC=CN12. The number of amides is 1. The largest absolute Gasteiger partial charge is 0.462 e. The van der Waals surface area contributed by atoms with Crippen molar-refractivity contribution in [1.82, 2.24) is 4.90 Å². The summed E-state index contributed by atoms with van der Waals surface area (Å²) in [6.45, 7) is 3.70. The fraction of sp³-hybridized carbons (Fsp3) is 0.375. The van der Waals surface area contributed by atoms with Gasteiger partial charge in [0.15, 0.2) is 11.3 Å². The molecular weight excluding hydrogens is 316 g/mol. The van der Waals surface area contributed by atoms with E-state index in [9.17, 15) is 14.4 Å². The van der Waals surface area contributed by atoms with Gasteiger partial charge in [0.1, 0.15) is 11.4 Å². The third kappa shape index (κ3) is 2.03. The molecule has 0 aromatic rings. The highest BCUT2D eigenvalue weighted by molar-refractivity contribution is 8.02. The van der Waals surface area contributed by atoms with Crippen molar-refractivity contribution in [1.29, 1.82) is 0 Å². The number of esters is 1. The molecule has 0 bridgehead atoms. The van der Waals surface area contributed by atoms with Crippen LogP contribution >= 0.6 is 11.8 Å². The smallest absolute Gasteiger partial charge is 0.342 e. The van der Waals surface area contributed by atoms with E-state index in [0.29, 0.717) is 10.7 Å². The van der Waals surface area contributed by atoms with Gasteiger partial charge in [0, 0.05) is 17.5 Å². The summed E-state index contributed by atoms with van der Waals surface area (Å²) in [6, 6.07) is 0. The monoisotopic (exact) mass is 332 g/mol. The second-order valence-electron chi connectivity index (χ2n) is 5.39. The highest BCUT2D eigenvalue weighted by atomic mass is 32.2. The van der Waals surface area contributed by atoms with Crippen LogP contribution in [0, 0.1) is 0 Å². The standard InChI is InChI=1S/C16H16N2O4S/c1-4-22-14(20)11-10(19)8-16(12(11)23-3)15(21)17-13-9(2)6-5-7-18(13)16/h5-7H,4,8H2,1-3H3/t16-/m0/s1. The van der Waals surface area contributed by atoms with E-state index < -0.39 is 17.4 Å². The normalized spacial score (nSPS) is 26.0. The first-order valence-electron chi connectivity index (χ1n) is 7.24. The number of thioether (sulfide) groups is 1. The van der Waals surface area contributed by atoms with Crippen molar-refractivity contribution in [2.24, 2.45) is 4.99 Å². The molecule has 0 N–H and O–H groups in total. The Kier molecular flexibility index (Phi) is 3.75. The number of amidine groups is 1. The van der Waals surface area contributed by atoms with E-state index in [1.165, 1.54) is 11.8 Å². The van der Waals surface area contributed by atoms with Crippen LogP contribution in [0.5, 0.6) is 0 Å². The number of ketones is 1. The van der Waals surface area contributed by atoms with E-state index in [0.717, 1.165) is 5.57 Å². The van der Waals surface area contributed by atoms with Crippen molar-refractivity contribution >= 4 is 35.3 Å². The number of ether oxygens (including phenoxy) is 1. The predicted octanol–water partition coefficient (Wildman–Crippen LogP) is 1.59. The van der Waals surface area contributed by atoms with E-state index in [1.54, 1.807) is 30.4 Å². The molecule has 0 saturated heterocycles. The van der Waals surface area contributed by atoms with E-state index in [2.05, 4.69) is 4.99 Å². The molecule has 23 heavy (non-hydrogen) atoms. The van der Waals surface area contributed by atoms with Crippen molar-refractivity contribution < 1.29 is 19.1 Å². The lowest BCUT2D eigenvalue weighted by Gasteiger charge is -2.35. The maximum Gasteiger partial charge on any atom is 0.342 e. The molecule has 0 unspecified atom stereocenters. The number of rotatable bonds is 3. The van der Waals surface area contributed by atoms with Crippen LogP contribution < -0.4 is 0 Å². The molecule has 1 amide bonds. The topological polar surface area (TPSA) is 76.0 Å². The predicted molar refractivity (Wildman–Crippen MR) is 86.7 cm³/mol. The van der Waals surface area contributed by atoms with Crippen molar-refractivity contribution in [3.05, 3.63) is 34.4 Å². The molecule has 1 atom stereocenters. The van der Waals surface area contributed by atoms with Gasteiger partial charge >= 0.3 is 5.97 Å². The summed E-state index contributed by atoms with van der Waals surface area (Å²) < 4.78 is 5.00. The van der Waals surface area contributed by atoms with Crippen LogP contribution in [0.2, 0.25) is 0 Å². The van der Waals surface area contributed by atoms with Crippen LogP contribution in [0.25, 0.3) is 0 Å². The second kappa shape index (κ2) is 5.49. The molecule has 0 radical (unpaired) electrons. The maximum atomic E-state index is 12.7. The number of fused-ring (bicyclic) bond motifs is 2. The molecule has 3 aliphatic rings. The third-order valence-electron chi connectivity index (χ3n) is 4.12. The number of hydrogen-bond donors (Lipinski definition) is 0. The molecule has 6 nitrogen and oxygen atoms in total. The maximum absolute atomic E-state index is 12.7. The molecule has 120 valence electrons. The first-order valence-corrected chi connectivity index (χ1v) is 8.46. The van der Waals surface area contributed by atoms with Gasteiger partial charge in [-0.25, -0.2) is 4.79 Å². The molecule has 7 heteroatoms. The Morgan fingerprint density at radius 2 is 2.22 bits per heavy atom. The van der Waals surface area contributed by atoms with Gasteiger partial charge in [0.05, 0.1) is 6.61 Å². The number of nitrogens with zero attached hydrogens (tertiary/aromatic N) is 2. The van der Waals surface area contributed by atoms with Gasteiger partial charge in [-0.15, -0.1) is 11.8 Å². The van der Waals surface area contributed by atoms with Gasteiger partial charge in [-0.1, -0.05) is 6.08 Å². The van der Waals surface area contributed by atoms with E-state index in [-0.39, 0.29) is 24.4 Å². The summed E-state index contributed by atoms with van der Waals surface area (Å²) in [6.07, 6.45) is 7.04. The zero-order chi connectivity index (χ0) is 16.8. The minimum absolute atomic E-state index is 0.0234. The van der Waals surface area contributed by atoms with Gasteiger partial charge in [0.2, 0.25) is 0 Å². The Balaban J connectivity index is 2.15. The van der Waals surface area contributed by atoms with Gasteiger partial charge in [-0.3, -0.25) is 9.59 Å². The summed E-state index contributed by atoms with van der Waals surface area (Å²) in [5.41, 5.74) is -0.417. The van der Waals surface area contributed by atoms with Gasteiger partial charge in [-0.2, -0.15) is 4.99 Å². The summed E-state index contributed by atoms with van der Waals surface area (Å²) in [5.74, 6) is -0.933. The van der Waals surface area contributed by atoms with Gasteiger partial charge in [0.25, 0.3) is 5.91 Å². The van der Waals surface area contributed by atoms with E-state index in [4.69, 9.17) is 4.74 Å². The van der Waals surface area contributed by atoms with Gasteiger partial charge in [-0.05, 0) is 31.8 Å². The molecule has 3 rings (SSSR count). The fourth-order valence-electron chi connectivity index (χ4n) is 3.13. The van der Waals surface area contributed by atoms with Crippen LogP contribution in [0.1, 0.15) is 20.3 Å². The molecule has 2 aliphatic heterocycles. The van der Waals surface area contributed by atoms with Crippen LogP contribution in [0.4, 0.5) is 0 Å². The lowest BCUT2D eigenvalue weighted by Crippen LogP contribution is -2.49. The van der Waals surface area contributed by atoms with Crippen LogP contribution in [-0.4, -0.2) is 46.8 Å². The lowest BCUT2D eigenvalue weighted by atomic mass is 9.95. The molecule has 1 spiro atoms. The van der Waals surface area contributed by atoms with E-state index >= 15 is 0 Å². The summed E-state index contributed by atoms with van der Waals surface area (Å²) >= 11 is 1.22. The number of Topliss-reactive ketones (excluding diaryl/α,β-unsaturated/α-hetero) is 1. The summed E-state index contributed by atoms with van der Waals surface area (Å²) in [4.78, 5) is 43.6. The molecule has 0 aromatic heterocycles. The first-order chi connectivity index (χ1) is 11.0. The first kappa shape index (κ1) is 15.7. The minimum Gasteiger partial charge on any atom is -0.462 e.